The number of rotatable bonds is 7. The quantitative estimate of drug-likeness (QED) is 0.216. The highest BCUT2D eigenvalue weighted by molar-refractivity contribution is 6.30. The molecule has 0 spiro atoms. The van der Waals surface area contributed by atoms with Gasteiger partial charge in [-0.3, -0.25) is 9.69 Å². The molecular weight excluding hydrogens is 512 g/mol. The number of carbonyl (C=O) groups is 1. The molecule has 0 radical (unpaired) electrons. The Kier molecular flexibility index (Phi) is 8.13. The molecule has 1 aliphatic heterocycles. The molecule has 40 heavy (non-hydrogen) atoms. The molecule has 202 valence electrons. The van der Waals surface area contributed by atoms with Gasteiger partial charge in [0.05, 0.1) is 12.1 Å². The second-order valence-electron chi connectivity index (χ2n) is 10.8. The van der Waals surface area contributed by atoms with Crippen LogP contribution in [0.2, 0.25) is 5.02 Å². The Balaban J connectivity index is 1.56. The van der Waals surface area contributed by atoms with Crippen molar-refractivity contribution in [3.63, 3.8) is 0 Å². The Morgan fingerprint density at radius 2 is 1.32 bits per heavy atom. The van der Waals surface area contributed by atoms with Crippen LogP contribution >= 0.6 is 11.6 Å². The van der Waals surface area contributed by atoms with Crippen molar-refractivity contribution in [2.24, 2.45) is 0 Å². The van der Waals surface area contributed by atoms with E-state index in [9.17, 15) is 4.79 Å². The summed E-state index contributed by atoms with van der Waals surface area (Å²) in [4.78, 5) is 19.5. The van der Waals surface area contributed by atoms with Crippen LogP contribution in [0.25, 0.3) is 6.08 Å². The van der Waals surface area contributed by atoms with Crippen LogP contribution in [0.1, 0.15) is 59.6 Å². The molecule has 2 fully saturated rings. The second kappa shape index (κ2) is 12.2. The highest BCUT2D eigenvalue weighted by Gasteiger charge is 2.52. The minimum absolute atomic E-state index is 0.0117. The Hall–Kier alpha value is -3.66. The Morgan fingerprint density at radius 3 is 1.98 bits per heavy atom. The van der Waals surface area contributed by atoms with Gasteiger partial charge in [0.1, 0.15) is 6.17 Å². The van der Waals surface area contributed by atoms with Crippen LogP contribution in [0.5, 0.6) is 0 Å². The zero-order chi connectivity index (χ0) is 27.3. The lowest BCUT2D eigenvalue weighted by Gasteiger charge is -2.39. The summed E-state index contributed by atoms with van der Waals surface area (Å²) in [5, 5.41) is 0.689. The normalized spacial score (nSPS) is 22.1. The topological polar surface area (TPSA) is 23.6 Å². The molecular formula is C36H35ClN2O. The fourth-order valence-electron chi connectivity index (χ4n) is 6.52. The highest BCUT2D eigenvalue weighted by atomic mass is 35.5. The minimum Gasteiger partial charge on any atom is -0.340 e. The SMILES string of the molecule is O=C(c1ccccc1)C1N(c2ccc(Cl)cc2)C(/C=C/c2ccccc2)C(c2ccccc2)N1C1CCCCC1. The molecule has 0 amide bonds. The summed E-state index contributed by atoms with van der Waals surface area (Å²) in [5.74, 6) is 0.137. The third kappa shape index (κ3) is 5.50. The molecule has 0 N–H and O–H groups in total. The van der Waals surface area contributed by atoms with Gasteiger partial charge in [0.15, 0.2) is 5.78 Å². The maximum Gasteiger partial charge on any atom is 0.200 e. The number of Topliss-reactive ketones (excluding diaryl/α,β-unsaturated/α-hetero) is 1. The Bertz CT molecular complexity index is 1420. The van der Waals surface area contributed by atoms with Crippen molar-refractivity contribution < 1.29 is 4.79 Å². The number of ketones is 1. The monoisotopic (exact) mass is 546 g/mol. The van der Waals surface area contributed by atoms with Crippen LogP contribution in [0.15, 0.2) is 121 Å². The van der Waals surface area contributed by atoms with Crippen LogP contribution < -0.4 is 4.90 Å². The molecule has 4 aromatic rings. The van der Waals surface area contributed by atoms with Gasteiger partial charge in [-0.05, 0) is 48.2 Å². The molecule has 0 aromatic heterocycles. The first kappa shape index (κ1) is 26.6. The molecule has 3 nitrogen and oxygen atoms in total. The predicted molar refractivity (Wildman–Crippen MR) is 166 cm³/mol. The number of carbonyl (C=O) groups excluding carboxylic acids is 1. The summed E-state index contributed by atoms with van der Waals surface area (Å²) in [5.41, 5.74) is 4.12. The van der Waals surface area contributed by atoms with E-state index in [1.165, 1.54) is 24.8 Å². The molecule has 1 heterocycles. The molecule has 4 heteroatoms. The van der Waals surface area contributed by atoms with Gasteiger partial charge >= 0.3 is 0 Å². The molecule has 2 aliphatic rings. The number of nitrogens with zero attached hydrogens (tertiary/aromatic N) is 2. The largest absolute Gasteiger partial charge is 0.340 e. The van der Waals surface area contributed by atoms with Crippen LogP contribution in [-0.2, 0) is 0 Å². The van der Waals surface area contributed by atoms with Gasteiger partial charge in [-0.15, -0.1) is 0 Å². The molecule has 1 saturated carbocycles. The zero-order valence-electron chi connectivity index (χ0n) is 22.6. The van der Waals surface area contributed by atoms with Crippen LogP contribution in [0.4, 0.5) is 5.69 Å². The maximum absolute atomic E-state index is 14.6. The third-order valence-electron chi connectivity index (χ3n) is 8.35. The average molecular weight is 547 g/mol. The van der Waals surface area contributed by atoms with E-state index in [-0.39, 0.29) is 17.9 Å². The molecule has 6 rings (SSSR count). The lowest BCUT2D eigenvalue weighted by atomic mass is 9.90. The third-order valence-corrected chi connectivity index (χ3v) is 8.60. The van der Waals surface area contributed by atoms with E-state index in [2.05, 4.69) is 88.7 Å². The molecule has 0 bridgehead atoms. The van der Waals surface area contributed by atoms with E-state index >= 15 is 0 Å². The Morgan fingerprint density at radius 1 is 0.725 bits per heavy atom. The standard InChI is InChI=1S/C36H35ClN2O/c37-30-22-24-32(25-23-30)38-33(26-21-27-13-5-1-6-14-27)34(28-15-7-2-8-16-28)39(31-19-11-4-12-20-31)36(38)35(40)29-17-9-3-10-18-29/h1-3,5-10,13-18,21-26,31,33-34,36H,4,11-12,19-20H2/b26-21+. The number of anilines is 1. The summed E-state index contributed by atoms with van der Waals surface area (Å²) in [6, 6.07) is 39.2. The van der Waals surface area contributed by atoms with E-state index < -0.39 is 6.17 Å². The van der Waals surface area contributed by atoms with Crippen LogP contribution in [0, 0.1) is 0 Å². The number of hydrogen-bond acceptors (Lipinski definition) is 3. The van der Waals surface area contributed by atoms with Crippen molar-refractivity contribution in [2.75, 3.05) is 4.90 Å². The van der Waals surface area contributed by atoms with E-state index in [4.69, 9.17) is 11.6 Å². The van der Waals surface area contributed by atoms with Crippen molar-refractivity contribution in [1.29, 1.82) is 0 Å². The van der Waals surface area contributed by atoms with E-state index in [0.717, 1.165) is 29.7 Å². The molecule has 3 unspecified atom stereocenters. The first-order valence-electron chi connectivity index (χ1n) is 14.4. The van der Waals surface area contributed by atoms with Crippen LogP contribution in [0.3, 0.4) is 0 Å². The van der Waals surface area contributed by atoms with E-state index in [1.807, 2.05) is 48.5 Å². The lowest BCUT2D eigenvalue weighted by molar-refractivity contribution is 0.0666. The first-order valence-corrected chi connectivity index (χ1v) is 14.8. The van der Waals surface area contributed by atoms with Crippen molar-refractivity contribution in [3.8, 4) is 0 Å². The van der Waals surface area contributed by atoms with Crippen LogP contribution in [-0.4, -0.2) is 28.9 Å². The van der Waals surface area contributed by atoms with Crippen molar-refractivity contribution in [1.82, 2.24) is 4.90 Å². The number of hydrogen-bond donors (Lipinski definition) is 0. The van der Waals surface area contributed by atoms with E-state index in [0.29, 0.717) is 11.1 Å². The Labute approximate surface area is 242 Å². The maximum atomic E-state index is 14.6. The number of halogens is 1. The van der Waals surface area contributed by atoms with E-state index in [1.54, 1.807) is 0 Å². The van der Waals surface area contributed by atoms with Gasteiger partial charge in [-0.1, -0.05) is 134 Å². The van der Waals surface area contributed by atoms with Gasteiger partial charge in [0.25, 0.3) is 0 Å². The summed E-state index contributed by atoms with van der Waals surface area (Å²) < 4.78 is 0. The van der Waals surface area contributed by atoms with Gasteiger partial charge < -0.3 is 4.90 Å². The van der Waals surface area contributed by atoms with Gasteiger partial charge in [-0.25, -0.2) is 0 Å². The van der Waals surface area contributed by atoms with Crippen molar-refractivity contribution in [3.05, 3.63) is 143 Å². The van der Waals surface area contributed by atoms with Gasteiger partial charge in [0, 0.05) is 22.3 Å². The first-order chi connectivity index (χ1) is 19.7. The van der Waals surface area contributed by atoms with Gasteiger partial charge in [0.2, 0.25) is 0 Å². The second-order valence-corrected chi connectivity index (χ2v) is 11.3. The van der Waals surface area contributed by atoms with Crippen molar-refractivity contribution >= 4 is 29.1 Å². The highest BCUT2D eigenvalue weighted by Crippen LogP contribution is 2.46. The lowest BCUT2D eigenvalue weighted by Crippen LogP contribution is -2.50. The molecule has 1 saturated heterocycles. The fraction of sp³-hybridized carbons (Fsp3) is 0.250. The summed E-state index contributed by atoms with van der Waals surface area (Å²) in [6.07, 6.45) is 9.92. The summed E-state index contributed by atoms with van der Waals surface area (Å²) in [7, 11) is 0. The van der Waals surface area contributed by atoms with Gasteiger partial charge in [-0.2, -0.15) is 0 Å². The molecule has 4 aromatic carbocycles. The molecule has 1 aliphatic carbocycles. The molecule has 3 atom stereocenters. The smallest absolute Gasteiger partial charge is 0.200 e. The summed E-state index contributed by atoms with van der Waals surface area (Å²) in [6.45, 7) is 0. The number of benzene rings is 4. The summed E-state index contributed by atoms with van der Waals surface area (Å²) >= 11 is 6.36. The van der Waals surface area contributed by atoms with Crippen molar-refractivity contribution in [2.45, 2.75) is 56.4 Å². The predicted octanol–water partition coefficient (Wildman–Crippen LogP) is 8.83. The minimum atomic E-state index is -0.442. The average Bonchev–Trinajstić information content (AvgIpc) is 3.37. The zero-order valence-corrected chi connectivity index (χ0v) is 23.4. The fourth-order valence-corrected chi connectivity index (χ4v) is 6.65.